The Morgan fingerprint density at radius 2 is 2.12 bits per heavy atom. The van der Waals surface area contributed by atoms with Gasteiger partial charge < -0.3 is 15.8 Å². The quantitative estimate of drug-likeness (QED) is 0.770. The van der Waals surface area contributed by atoms with Crippen LogP contribution in [0.15, 0.2) is 42.5 Å². The van der Waals surface area contributed by atoms with Gasteiger partial charge in [-0.1, -0.05) is 35.9 Å². The van der Waals surface area contributed by atoms with E-state index in [-0.39, 0.29) is 11.9 Å². The van der Waals surface area contributed by atoms with Gasteiger partial charge in [-0.05, 0) is 61.6 Å². The molecule has 2 aromatic carbocycles. The maximum absolute atomic E-state index is 12.8. The number of amides is 1. The lowest BCUT2D eigenvalue weighted by Gasteiger charge is -2.26. The van der Waals surface area contributed by atoms with Gasteiger partial charge in [-0.15, -0.1) is 0 Å². The number of rotatable bonds is 6. The van der Waals surface area contributed by atoms with Crippen molar-refractivity contribution in [3.05, 3.63) is 64.2 Å². The van der Waals surface area contributed by atoms with Crippen molar-refractivity contribution in [2.45, 2.75) is 31.7 Å². The fraction of sp³-hybridized carbons (Fsp3) is 0.350. The van der Waals surface area contributed by atoms with Crippen molar-refractivity contribution in [1.82, 2.24) is 5.32 Å². The number of carbonyl (C=O) groups excluding carboxylic acids is 1. The minimum atomic E-state index is -0.138. The molecule has 1 amide bonds. The number of halogens is 1. The molecule has 0 heterocycles. The molecule has 0 spiro atoms. The van der Waals surface area contributed by atoms with Crippen LogP contribution in [0.25, 0.3) is 0 Å². The second kappa shape index (κ2) is 8.37. The number of ether oxygens (including phenoxy) is 1. The Kier molecular flexibility index (Phi) is 5.95. The summed E-state index contributed by atoms with van der Waals surface area (Å²) in [5.74, 6) is 0.365. The van der Waals surface area contributed by atoms with Crippen molar-refractivity contribution in [2.24, 2.45) is 5.73 Å². The highest BCUT2D eigenvalue weighted by Gasteiger charge is 2.23. The van der Waals surface area contributed by atoms with Crippen LogP contribution in [0.2, 0.25) is 5.02 Å². The molecule has 1 aliphatic carbocycles. The fourth-order valence-corrected chi connectivity index (χ4v) is 3.37. The van der Waals surface area contributed by atoms with Crippen molar-refractivity contribution < 1.29 is 9.53 Å². The summed E-state index contributed by atoms with van der Waals surface area (Å²) in [5, 5.41) is 3.70. The maximum atomic E-state index is 12.8. The summed E-state index contributed by atoms with van der Waals surface area (Å²) in [4.78, 5) is 12.8. The average molecular weight is 359 g/mol. The van der Waals surface area contributed by atoms with Gasteiger partial charge in [0.05, 0.1) is 18.2 Å². The Balaban J connectivity index is 1.78. The predicted molar refractivity (Wildman–Crippen MR) is 100 cm³/mol. The fourth-order valence-electron chi connectivity index (χ4n) is 3.21. The smallest absolute Gasteiger partial charge is 0.255 e. The van der Waals surface area contributed by atoms with Crippen LogP contribution < -0.4 is 15.8 Å². The topological polar surface area (TPSA) is 64.3 Å². The van der Waals surface area contributed by atoms with Crippen molar-refractivity contribution in [1.29, 1.82) is 0 Å². The van der Waals surface area contributed by atoms with Crippen LogP contribution in [0.1, 0.15) is 46.8 Å². The van der Waals surface area contributed by atoms with Gasteiger partial charge in [0.2, 0.25) is 0 Å². The molecule has 0 aromatic heterocycles. The Morgan fingerprint density at radius 1 is 1.28 bits per heavy atom. The lowest BCUT2D eigenvalue weighted by molar-refractivity contribution is 0.0928. The molecule has 5 heteroatoms. The zero-order chi connectivity index (χ0) is 17.6. The summed E-state index contributed by atoms with van der Waals surface area (Å²) >= 11 is 6.06. The Hall–Kier alpha value is -2.04. The van der Waals surface area contributed by atoms with Crippen molar-refractivity contribution in [3.8, 4) is 5.75 Å². The molecule has 25 heavy (non-hydrogen) atoms. The number of hydrogen-bond acceptors (Lipinski definition) is 3. The Morgan fingerprint density at radius 3 is 2.96 bits per heavy atom. The van der Waals surface area contributed by atoms with Crippen LogP contribution in [0.5, 0.6) is 5.75 Å². The minimum absolute atomic E-state index is 0.0324. The highest BCUT2D eigenvalue weighted by Crippen LogP contribution is 2.31. The minimum Gasteiger partial charge on any atom is -0.493 e. The normalized spacial score (nSPS) is 16.2. The van der Waals surface area contributed by atoms with Gasteiger partial charge in [-0.2, -0.15) is 0 Å². The van der Waals surface area contributed by atoms with E-state index in [9.17, 15) is 4.79 Å². The first kappa shape index (κ1) is 17.8. The molecule has 1 aliphatic rings. The van der Waals surface area contributed by atoms with E-state index in [2.05, 4.69) is 17.4 Å². The van der Waals surface area contributed by atoms with Crippen LogP contribution >= 0.6 is 11.6 Å². The average Bonchev–Trinajstić information content (AvgIpc) is 2.62. The molecule has 4 nitrogen and oxygen atoms in total. The second-order valence-electron chi connectivity index (χ2n) is 6.25. The van der Waals surface area contributed by atoms with E-state index in [4.69, 9.17) is 22.1 Å². The van der Waals surface area contributed by atoms with Gasteiger partial charge in [-0.25, -0.2) is 0 Å². The molecule has 0 saturated carbocycles. The molecule has 0 unspecified atom stereocenters. The molecular weight excluding hydrogens is 336 g/mol. The number of nitrogens with two attached hydrogens (primary N) is 1. The number of hydrogen-bond donors (Lipinski definition) is 2. The summed E-state index contributed by atoms with van der Waals surface area (Å²) < 4.78 is 5.71. The van der Waals surface area contributed by atoms with E-state index in [1.807, 2.05) is 12.1 Å². The molecule has 0 bridgehead atoms. The highest BCUT2D eigenvalue weighted by molar-refractivity contribution is 6.30. The zero-order valence-electron chi connectivity index (χ0n) is 14.1. The number of fused-ring (bicyclic) bond motifs is 1. The van der Waals surface area contributed by atoms with Crippen LogP contribution in [-0.2, 0) is 6.42 Å². The third-order valence-electron chi connectivity index (χ3n) is 4.47. The Labute approximate surface area is 153 Å². The molecule has 132 valence electrons. The number of nitrogens with one attached hydrogen (secondary N) is 1. The first-order chi connectivity index (χ1) is 12.2. The first-order valence-electron chi connectivity index (χ1n) is 8.70. The van der Waals surface area contributed by atoms with E-state index in [1.54, 1.807) is 18.2 Å². The largest absolute Gasteiger partial charge is 0.493 e. The van der Waals surface area contributed by atoms with Crippen molar-refractivity contribution in [2.75, 3.05) is 13.2 Å². The maximum Gasteiger partial charge on any atom is 0.255 e. The summed E-state index contributed by atoms with van der Waals surface area (Å²) in [6.45, 7) is 1.00. The highest BCUT2D eigenvalue weighted by atomic mass is 35.5. The Bertz CT molecular complexity index is 748. The summed E-state index contributed by atoms with van der Waals surface area (Å²) in [5.41, 5.74) is 8.53. The lowest BCUT2D eigenvalue weighted by atomic mass is 9.87. The monoisotopic (exact) mass is 358 g/mol. The summed E-state index contributed by atoms with van der Waals surface area (Å²) in [6.07, 6.45) is 3.81. The van der Waals surface area contributed by atoms with Gasteiger partial charge in [0, 0.05) is 5.02 Å². The molecule has 2 aromatic rings. The first-order valence-corrected chi connectivity index (χ1v) is 9.08. The van der Waals surface area contributed by atoms with Crippen LogP contribution in [0, 0.1) is 0 Å². The molecule has 3 N–H and O–H groups in total. The van der Waals surface area contributed by atoms with Crippen molar-refractivity contribution >= 4 is 17.5 Å². The SMILES string of the molecule is NCCCOc1cc(Cl)ccc1C(=O)N[C@H]1CCCc2ccccc21. The summed E-state index contributed by atoms with van der Waals surface area (Å²) in [6, 6.07) is 13.4. The summed E-state index contributed by atoms with van der Waals surface area (Å²) in [7, 11) is 0. The van der Waals surface area contributed by atoms with Crippen LogP contribution in [0.3, 0.4) is 0 Å². The number of benzene rings is 2. The zero-order valence-corrected chi connectivity index (χ0v) is 14.9. The van der Waals surface area contributed by atoms with E-state index in [0.717, 1.165) is 25.7 Å². The van der Waals surface area contributed by atoms with E-state index in [1.165, 1.54) is 11.1 Å². The van der Waals surface area contributed by atoms with E-state index in [0.29, 0.717) is 29.5 Å². The third kappa shape index (κ3) is 4.33. The van der Waals surface area contributed by atoms with Gasteiger partial charge in [0.15, 0.2) is 0 Å². The van der Waals surface area contributed by atoms with Crippen molar-refractivity contribution in [3.63, 3.8) is 0 Å². The van der Waals surface area contributed by atoms with Gasteiger partial charge in [0.25, 0.3) is 5.91 Å². The molecule has 0 radical (unpaired) electrons. The number of aryl methyl sites for hydroxylation is 1. The lowest BCUT2D eigenvalue weighted by Crippen LogP contribution is -2.31. The number of carbonyl (C=O) groups is 1. The van der Waals surface area contributed by atoms with Crippen LogP contribution in [-0.4, -0.2) is 19.1 Å². The molecule has 0 saturated heterocycles. The van der Waals surface area contributed by atoms with Gasteiger partial charge in [0.1, 0.15) is 5.75 Å². The predicted octanol–water partition coefficient (Wildman–Crippen LogP) is 3.88. The third-order valence-corrected chi connectivity index (χ3v) is 4.70. The molecule has 3 rings (SSSR count). The standard InChI is InChI=1S/C20H23ClN2O2/c21-15-9-10-17(19(13-15)25-12-4-11-22)20(24)23-18-8-3-6-14-5-1-2-7-16(14)18/h1-2,5,7,9-10,13,18H,3-4,6,8,11-12,22H2,(H,23,24)/t18-/m0/s1. The molecular formula is C20H23ClN2O2. The second-order valence-corrected chi connectivity index (χ2v) is 6.68. The van der Waals surface area contributed by atoms with E-state index >= 15 is 0 Å². The van der Waals surface area contributed by atoms with Crippen LogP contribution in [0.4, 0.5) is 0 Å². The molecule has 0 fully saturated rings. The molecule has 0 aliphatic heterocycles. The van der Waals surface area contributed by atoms with Gasteiger partial charge in [-0.3, -0.25) is 4.79 Å². The van der Waals surface area contributed by atoms with Gasteiger partial charge >= 0.3 is 0 Å². The molecule has 1 atom stereocenters. The van der Waals surface area contributed by atoms with E-state index < -0.39 is 0 Å².